The Bertz CT molecular complexity index is 507. The first-order chi connectivity index (χ1) is 8.88. The fraction of sp³-hybridized carbons (Fsp3) is 0.333. The maximum Gasteiger partial charge on any atom is 0.471 e. The Morgan fingerprint density at radius 1 is 1.47 bits per heavy atom. The number of hydrogen-bond donors (Lipinski definition) is 1. The number of nitrogens with zero attached hydrogens (tertiary/aromatic N) is 1. The number of carbonyl (C=O) groups excluding carboxylic acids is 1. The summed E-state index contributed by atoms with van der Waals surface area (Å²) < 4.78 is 41.4. The number of ether oxygens (including phenoxy) is 1. The average Bonchev–Trinajstić information content (AvgIpc) is 2.35. The molecule has 1 aromatic carbocycles. The van der Waals surface area contributed by atoms with Gasteiger partial charge in [-0.25, -0.2) is 0 Å². The second-order valence-corrected chi connectivity index (χ2v) is 3.62. The highest BCUT2D eigenvalue weighted by molar-refractivity contribution is 5.95. The highest BCUT2D eigenvalue weighted by Crippen LogP contribution is 2.24. The van der Waals surface area contributed by atoms with Crippen LogP contribution >= 0.6 is 0 Å². The molecule has 7 heteroatoms. The van der Waals surface area contributed by atoms with Crippen molar-refractivity contribution in [1.82, 2.24) is 0 Å². The van der Waals surface area contributed by atoms with Crippen LogP contribution in [0.3, 0.4) is 0 Å². The largest absolute Gasteiger partial charge is 0.492 e. The number of nitrogens with one attached hydrogen (secondary N) is 1. The molecular formula is C12H11F3N2O2. The summed E-state index contributed by atoms with van der Waals surface area (Å²) in [4.78, 5) is 10.7. The van der Waals surface area contributed by atoms with Gasteiger partial charge in [0.1, 0.15) is 11.8 Å². The van der Waals surface area contributed by atoms with Crippen molar-refractivity contribution in [3.63, 3.8) is 0 Å². The third-order valence-corrected chi connectivity index (χ3v) is 2.08. The maximum atomic E-state index is 12.1. The molecule has 1 N–H and O–H groups in total. The fourth-order valence-electron chi connectivity index (χ4n) is 1.23. The molecule has 0 aromatic heterocycles. The van der Waals surface area contributed by atoms with Crippen LogP contribution in [-0.2, 0) is 4.79 Å². The van der Waals surface area contributed by atoms with Gasteiger partial charge in [0.2, 0.25) is 0 Å². The molecule has 1 rings (SSSR count). The van der Waals surface area contributed by atoms with Gasteiger partial charge in [-0.15, -0.1) is 0 Å². The molecule has 0 aliphatic heterocycles. The molecule has 1 aromatic rings. The minimum Gasteiger partial charge on any atom is -0.492 e. The molecule has 0 spiro atoms. The van der Waals surface area contributed by atoms with Crippen molar-refractivity contribution < 1.29 is 22.7 Å². The van der Waals surface area contributed by atoms with Crippen molar-refractivity contribution in [1.29, 1.82) is 5.26 Å². The first-order valence-electron chi connectivity index (χ1n) is 5.43. The molecule has 0 aliphatic carbocycles. The third-order valence-electron chi connectivity index (χ3n) is 2.08. The summed E-state index contributed by atoms with van der Waals surface area (Å²) in [6.07, 6.45) is -4.23. The van der Waals surface area contributed by atoms with Crippen LogP contribution in [-0.4, -0.2) is 18.7 Å². The average molecular weight is 272 g/mol. The summed E-state index contributed by atoms with van der Waals surface area (Å²) in [5, 5.41) is 10.5. The zero-order chi connectivity index (χ0) is 14.5. The Hall–Kier alpha value is -2.23. The molecular weight excluding hydrogens is 261 g/mol. The van der Waals surface area contributed by atoms with Crippen molar-refractivity contribution in [2.75, 3.05) is 11.9 Å². The van der Waals surface area contributed by atoms with Crippen molar-refractivity contribution in [3.8, 4) is 11.8 Å². The zero-order valence-electron chi connectivity index (χ0n) is 10.0. The highest BCUT2D eigenvalue weighted by Gasteiger charge is 2.38. The van der Waals surface area contributed by atoms with E-state index >= 15 is 0 Å². The van der Waals surface area contributed by atoms with Gasteiger partial charge in [-0.3, -0.25) is 4.79 Å². The minimum atomic E-state index is -4.97. The SMILES string of the molecule is CCCOc1ccc(NC(=O)C(F)(F)F)cc1C#N. The van der Waals surface area contributed by atoms with Gasteiger partial charge in [-0.1, -0.05) is 6.92 Å². The van der Waals surface area contributed by atoms with Crippen LogP contribution in [0, 0.1) is 11.3 Å². The normalized spacial score (nSPS) is 10.7. The van der Waals surface area contributed by atoms with Crippen LogP contribution in [0.2, 0.25) is 0 Å². The predicted octanol–water partition coefficient (Wildman–Crippen LogP) is 2.85. The number of anilines is 1. The van der Waals surface area contributed by atoms with Gasteiger partial charge in [0.25, 0.3) is 0 Å². The van der Waals surface area contributed by atoms with Gasteiger partial charge in [0.05, 0.1) is 12.2 Å². The van der Waals surface area contributed by atoms with Crippen LogP contribution in [0.15, 0.2) is 18.2 Å². The summed E-state index contributed by atoms with van der Waals surface area (Å²) in [7, 11) is 0. The second kappa shape index (κ2) is 6.09. The Kier molecular flexibility index (Phi) is 4.75. The molecule has 1 amide bonds. The number of rotatable bonds is 4. The Morgan fingerprint density at radius 2 is 2.16 bits per heavy atom. The van der Waals surface area contributed by atoms with Crippen LogP contribution in [0.25, 0.3) is 0 Å². The van der Waals surface area contributed by atoms with Crippen molar-refractivity contribution >= 4 is 11.6 Å². The predicted molar refractivity (Wildman–Crippen MR) is 61.6 cm³/mol. The van der Waals surface area contributed by atoms with E-state index in [1.807, 2.05) is 6.92 Å². The van der Waals surface area contributed by atoms with Gasteiger partial charge in [0.15, 0.2) is 0 Å². The lowest BCUT2D eigenvalue weighted by molar-refractivity contribution is -0.167. The van der Waals surface area contributed by atoms with Crippen molar-refractivity contribution in [2.45, 2.75) is 19.5 Å². The lowest BCUT2D eigenvalue weighted by Gasteiger charge is -2.10. The maximum absolute atomic E-state index is 12.1. The monoisotopic (exact) mass is 272 g/mol. The van der Waals surface area contributed by atoms with E-state index in [2.05, 4.69) is 0 Å². The van der Waals surface area contributed by atoms with Gasteiger partial charge < -0.3 is 10.1 Å². The standard InChI is InChI=1S/C12H11F3N2O2/c1-2-5-19-10-4-3-9(6-8(10)7-16)17-11(18)12(13,14)15/h3-4,6H,2,5H2,1H3,(H,17,18). The molecule has 0 fully saturated rings. The topological polar surface area (TPSA) is 62.1 Å². The van der Waals surface area contributed by atoms with E-state index in [9.17, 15) is 18.0 Å². The number of nitriles is 1. The smallest absolute Gasteiger partial charge is 0.471 e. The quantitative estimate of drug-likeness (QED) is 0.916. The van der Waals surface area contributed by atoms with Crippen LogP contribution in [0.5, 0.6) is 5.75 Å². The molecule has 19 heavy (non-hydrogen) atoms. The van der Waals surface area contributed by atoms with Gasteiger partial charge in [-0.2, -0.15) is 18.4 Å². The second-order valence-electron chi connectivity index (χ2n) is 3.62. The van der Waals surface area contributed by atoms with Crippen molar-refractivity contribution in [2.24, 2.45) is 0 Å². The Balaban J connectivity index is 2.89. The van der Waals surface area contributed by atoms with E-state index < -0.39 is 12.1 Å². The van der Waals surface area contributed by atoms with Gasteiger partial charge in [-0.05, 0) is 24.6 Å². The first-order valence-corrected chi connectivity index (χ1v) is 5.43. The van der Waals surface area contributed by atoms with E-state index in [-0.39, 0.29) is 17.0 Å². The third kappa shape index (κ3) is 4.17. The molecule has 102 valence electrons. The fourth-order valence-corrected chi connectivity index (χ4v) is 1.23. The number of benzene rings is 1. The van der Waals surface area contributed by atoms with E-state index in [4.69, 9.17) is 10.00 Å². The molecule has 0 heterocycles. The van der Waals surface area contributed by atoms with E-state index in [0.717, 1.165) is 12.5 Å². The van der Waals surface area contributed by atoms with Crippen LogP contribution in [0.1, 0.15) is 18.9 Å². The Labute approximate surface area is 107 Å². The number of amides is 1. The van der Waals surface area contributed by atoms with E-state index in [0.29, 0.717) is 6.61 Å². The lowest BCUT2D eigenvalue weighted by atomic mass is 10.2. The highest BCUT2D eigenvalue weighted by atomic mass is 19.4. The number of halogens is 3. The molecule has 0 bridgehead atoms. The summed E-state index contributed by atoms with van der Waals surface area (Å²) in [5.41, 5.74) is -0.0452. The minimum absolute atomic E-state index is 0.0634. The van der Waals surface area contributed by atoms with Crippen LogP contribution in [0.4, 0.5) is 18.9 Å². The van der Waals surface area contributed by atoms with Gasteiger partial charge in [0, 0.05) is 5.69 Å². The first kappa shape index (κ1) is 14.8. The molecule has 0 radical (unpaired) electrons. The number of hydrogen-bond acceptors (Lipinski definition) is 3. The molecule has 0 saturated heterocycles. The number of carbonyl (C=O) groups is 1. The molecule has 0 aliphatic rings. The molecule has 0 unspecified atom stereocenters. The lowest BCUT2D eigenvalue weighted by Crippen LogP contribution is -2.29. The van der Waals surface area contributed by atoms with Gasteiger partial charge >= 0.3 is 12.1 Å². The van der Waals surface area contributed by atoms with E-state index in [1.165, 1.54) is 12.1 Å². The van der Waals surface area contributed by atoms with Crippen molar-refractivity contribution in [3.05, 3.63) is 23.8 Å². The molecule has 4 nitrogen and oxygen atoms in total. The summed E-state index contributed by atoms with van der Waals surface area (Å²) in [6, 6.07) is 5.53. The number of alkyl halides is 3. The Morgan fingerprint density at radius 3 is 2.68 bits per heavy atom. The van der Waals surface area contributed by atoms with Crippen LogP contribution < -0.4 is 10.1 Å². The van der Waals surface area contributed by atoms with E-state index in [1.54, 1.807) is 11.4 Å². The summed E-state index contributed by atoms with van der Waals surface area (Å²) in [5.74, 6) is -1.81. The summed E-state index contributed by atoms with van der Waals surface area (Å²) >= 11 is 0. The summed E-state index contributed by atoms with van der Waals surface area (Å²) in [6.45, 7) is 2.27. The molecule has 0 saturated carbocycles. The molecule has 0 atom stereocenters. The zero-order valence-corrected chi connectivity index (χ0v) is 10.0.